The summed E-state index contributed by atoms with van der Waals surface area (Å²) in [5.74, 6) is -0.0307. The van der Waals surface area contributed by atoms with Crippen molar-refractivity contribution in [3.63, 3.8) is 0 Å². The van der Waals surface area contributed by atoms with Crippen LogP contribution in [0.3, 0.4) is 0 Å². The van der Waals surface area contributed by atoms with E-state index < -0.39 is 0 Å². The van der Waals surface area contributed by atoms with Crippen molar-refractivity contribution in [1.29, 1.82) is 0 Å². The van der Waals surface area contributed by atoms with Crippen molar-refractivity contribution in [1.82, 2.24) is 15.1 Å². The van der Waals surface area contributed by atoms with Crippen LogP contribution < -0.4 is 5.32 Å². The standard InChI is InChI=1S/C7H11N3O/c1-6-3-4-9-10(6)5-7(11)8-2/h3-4H,5H2,1-2H3,(H,8,11). The summed E-state index contributed by atoms with van der Waals surface area (Å²) < 4.78 is 1.65. The molecule has 1 rings (SSSR count). The maximum absolute atomic E-state index is 10.9. The van der Waals surface area contributed by atoms with Crippen molar-refractivity contribution in [2.75, 3.05) is 7.05 Å². The van der Waals surface area contributed by atoms with Gasteiger partial charge in [0.2, 0.25) is 5.91 Å². The number of rotatable bonds is 2. The molecule has 0 atom stereocenters. The van der Waals surface area contributed by atoms with Crippen LogP contribution in [0.25, 0.3) is 0 Å². The van der Waals surface area contributed by atoms with Gasteiger partial charge < -0.3 is 5.32 Å². The fraction of sp³-hybridized carbons (Fsp3) is 0.429. The minimum Gasteiger partial charge on any atom is -0.358 e. The minimum atomic E-state index is -0.0307. The van der Waals surface area contributed by atoms with Crippen LogP contribution in [0.2, 0.25) is 0 Å². The van der Waals surface area contributed by atoms with Gasteiger partial charge in [0.1, 0.15) is 6.54 Å². The molecule has 0 saturated heterocycles. The highest BCUT2D eigenvalue weighted by Gasteiger charge is 2.01. The Morgan fingerprint density at radius 3 is 3.00 bits per heavy atom. The smallest absolute Gasteiger partial charge is 0.241 e. The molecule has 1 amide bonds. The first-order valence-corrected chi connectivity index (χ1v) is 3.43. The Hall–Kier alpha value is -1.32. The Morgan fingerprint density at radius 2 is 2.55 bits per heavy atom. The molecule has 0 unspecified atom stereocenters. The number of amides is 1. The molecule has 0 aliphatic rings. The number of hydrogen-bond acceptors (Lipinski definition) is 2. The number of aromatic nitrogens is 2. The predicted octanol–water partition coefficient (Wildman–Crippen LogP) is -0.0625. The number of carbonyl (C=O) groups excluding carboxylic acids is 1. The van der Waals surface area contributed by atoms with Crippen LogP contribution in [0.4, 0.5) is 0 Å². The van der Waals surface area contributed by atoms with Crippen molar-refractivity contribution in [2.24, 2.45) is 0 Å². The second-order valence-electron chi connectivity index (χ2n) is 2.30. The Labute approximate surface area is 65.2 Å². The van der Waals surface area contributed by atoms with Crippen LogP contribution in [0.5, 0.6) is 0 Å². The average Bonchev–Trinajstić information content (AvgIpc) is 2.37. The van der Waals surface area contributed by atoms with Gasteiger partial charge in [-0.3, -0.25) is 9.48 Å². The summed E-state index contributed by atoms with van der Waals surface area (Å²) in [5, 5.41) is 6.49. The maximum atomic E-state index is 10.9. The summed E-state index contributed by atoms with van der Waals surface area (Å²) in [6.45, 7) is 2.21. The van der Waals surface area contributed by atoms with Crippen molar-refractivity contribution < 1.29 is 4.79 Å². The van der Waals surface area contributed by atoms with Crippen molar-refractivity contribution >= 4 is 5.91 Å². The molecule has 0 aliphatic heterocycles. The van der Waals surface area contributed by atoms with Crippen molar-refractivity contribution in [3.8, 4) is 0 Å². The van der Waals surface area contributed by atoms with E-state index in [0.717, 1.165) is 5.69 Å². The second kappa shape index (κ2) is 3.18. The molecule has 0 radical (unpaired) electrons. The molecule has 1 aromatic rings. The van der Waals surface area contributed by atoms with E-state index in [-0.39, 0.29) is 5.91 Å². The van der Waals surface area contributed by atoms with Gasteiger partial charge in [-0.1, -0.05) is 0 Å². The van der Waals surface area contributed by atoms with E-state index in [1.54, 1.807) is 17.9 Å². The second-order valence-corrected chi connectivity index (χ2v) is 2.30. The van der Waals surface area contributed by atoms with Crippen LogP contribution in [0, 0.1) is 6.92 Å². The lowest BCUT2D eigenvalue weighted by Gasteiger charge is -2.01. The largest absolute Gasteiger partial charge is 0.358 e. The first-order valence-electron chi connectivity index (χ1n) is 3.43. The number of hydrogen-bond donors (Lipinski definition) is 1. The topological polar surface area (TPSA) is 46.9 Å². The minimum absolute atomic E-state index is 0.0307. The summed E-state index contributed by atoms with van der Waals surface area (Å²) in [4.78, 5) is 10.9. The van der Waals surface area contributed by atoms with E-state index in [1.807, 2.05) is 13.0 Å². The normalized spacial score (nSPS) is 9.64. The first kappa shape index (κ1) is 7.78. The van der Waals surface area contributed by atoms with E-state index in [2.05, 4.69) is 10.4 Å². The Kier molecular flexibility index (Phi) is 2.25. The highest BCUT2D eigenvalue weighted by molar-refractivity contribution is 5.75. The van der Waals surface area contributed by atoms with Crippen LogP contribution in [0.1, 0.15) is 5.69 Å². The number of likely N-dealkylation sites (N-methyl/N-ethyl adjacent to an activating group) is 1. The predicted molar refractivity (Wildman–Crippen MR) is 41.0 cm³/mol. The van der Waals surface area contributed by atoms with Crippen LogP contribution in [-0.4, -0.2) is 22.7 Å². The third-order valence-corrected chi connectivity index (χ3v) is 1.50. The Balaban J connectivity index is 2.64. The van der Waals surface area contributed by atoms with E-state index in [4.69, 9.17) is 0 Å². The number of carbonyl (C=O) groups is 1. The molecule has 0 saturated carbocycles. The molecule has 0 spiro atoms. The number of nitrogens with zero attached hydrogens (tertiary/aromatic N) is 2. The zero-order valence-corrected chi connectivity index (χ0v) is 6.66. The fourth-order valence-electron chi connectivity index (χ4n) is 0.779. The quantitative estimate of drug-likeness (QED) is 0.647. The molecule has 1 N–H and O–H groups in total. The molecule has 11 heavy (non-hydrogen) atoms. The summed E-state index contributed by atoms with van der Waals surface area (Å²) >= 11 is 0. The van der Waals surface area contributed by atoms with Crippen LogP contribution in [-0.2, 0) is 11.3 Å². The van der Waals surface area contributed by atoms with Gasteiger partial charge in [0, 0.05) is 18.9 Å². The molecule has 0 aliphatic carbocycles. The molecular formula is C7H11N3O. The molecule has 4 heteroatoms. The monoisotopic (exact) mass is 153 g/mol. The first-order chi connectivity index (χ1) is 5.24. The lowest BCUT2D eigenvalue weighted by atomic mass is 10.5. The van der Waals surface area contributed by atoms with E-state index in [0.29, 0.717) is 6.54 Å². The molecule has 4 nitrogen and oxygen atoms in total. The van der Waals surface area contributed by atoms with Crippen LogP contribution >= 0.6 is 0 Å². The van der Waals surface area contributed by atoms with E-state index in [1.165, 1.54) is 0 Å². The lowest BCUT2D eigenvalue weighted by Crippen LogP contribution is -2.24. The van der Waals surface area contributed by atoms with Gasteiger partial charge >= 0.3 is 0 Å². The highest BCUT2D eigenvalue weighted by atomic mass is 16.1. The van der Waals surface area contributed by atoms with E-state index in [9.17, 15) is 4.79 Å². The Morgan fingerprint density at radius 1 is 1.82 bits per heavy atom. The van der Waals surface area contributed by atoms with Gasteiger partial charge in [0.25, 0.3) is 0 Å². The molecule has 60 valence electrons. The third kappa shape index (κ3) is 1.80. The van der Waals surface area contributed by atoms with Gasteiger partial charge in [-0.15, -0.1) is 0 Å². The molecule has 1 aromatic heterocycles. The summed E-state index contributed by atoms with van der Waals surface area (Å²) in [7, 11) is 1.61. The van der Waals surface area contributed by atoms with Gasteiger partial charge in [-0.05, 0) is 13.0 Å². The third-order valence-electron chi connectivity index (χ3n) is 1.50. The van der Waals surface area contributed by atoms with Gasteiger partial charge in [0.05, 0.1) is 0 Å². The van der Waals surface area contributed by atoms with Crippen molar-refractivity contribution in [2.45, 2.75) is 13.5 Å². The van der Waals surface area contributed by atoms with Crippen LogP contribution in [0.15, 0.2) is 12.3 Å². The van der Waals surface area contributed by atoms with Gasteiger partial charge in [-0.25, -0.2) is 0 Å². The zero-order chi connectivity index (χ0) is 8.27. The van der Waals surface area contributed by atoms with Gasteiger partial charge in [0.15, 0.2) is 0 Å². The van der Waals surface area contributed by atoms with Crippen molar-refractivity contribution in [3.05, 3.63) is 18.0 Å². The summed E-state index contributed by atoms with van der Waals surface area (Å²) in [6.07, 6.45) is 1.68. The molecule has 1 heterocycles. The highest BCUT2D eigenvalue weighted by Crippen LogP contribution is 1.94. The van der Waals surface area contributed by atoms with Gasteiger partial charge in [-0.2, -0.15) is 5.10 Å². The number of nitrogens with one attached hydrogen (secondary N) is 1. The number of aryl methyl sites for hydroxylation is 1. The summed E-state index contributed by atoms with van der Waals surface area (Å²) in [5.41, 5.74) is 0.994. The maximum Gasteiger partial charge on any atom is 0.241 e. The zero-order valence-electron chi connectivity index (χ0n) is 6.66. The molecule has 0 bridgehead atoms. The molecular weight excluding hydrogens is 142 g/mol. The SMILES string of the molecule is CNC(=O)Cn1nccc1C. The molecule has 0 fully saturated rings. The summed E-state index contributed by atoms with van der Waals surface area (Å²) in [6, 6.07) is 1.86. The molecule has 0 aromatic carbocycles. The lowest BCUT2D eigenvalue weighted by molar-refractivity contribution is -0.121. The Bertz CT molecular complexity index is 254. The fourth-order valence-corrected chi connectivity index (χ4v) is 0.779. The van der Waals surface area contributed by atoms with E-state index >= 15 is 0 Å². The average molecular weight is 153 g/mol.